The van der Waals surface area contributed by atoms with Crippen LogP contribution in [0.5, 0.6) is 0 Å². The molecule has 3 rings (SSSR count). The lowest BCUT2D eigenvalue weighted by Crippen LogP contribution is -2.58. The lowest BCUT2D eigenvalue weighted by atomic mass is 9.63. The largest absolute Gasteiger partial charge is 0.469 e. The van der Waals surface area contributed by atoms with Gasteiger partial charge < -0.3 is 14.7 Å². The van der Waals surface area contributed by atoms with Crippen molar-refractivity contribution in [3.05, 3.63) is 29.8 Å². The number of esters is 1. The minimum atomic E-state index is -0.431. The SMILES string of the molecule is COC(=O)[C@@H]1CC[C@H](O)[C@@]2(C)c3ccccc3N(C)[C@@H]12. The van der Waals surface area contributed by atoms with Gasteiger partial charge in [0, 0.05) is 18.2 Å². The van der Waals surface area contributed by atoms with Crippen LogP contribution in [-0.2, 0) is 14.9 Å². The van der Waals surface area contributed by atoms with Crippen LogP contribution in [0.1, 0.15) is 25.3 Å². The molecule has 1 aromatic carbocycles. The molecule has 1 fully saturated rings. The van der Waals surface area contributed by atoms with Crippen LogP contribution in [0.3, 0.4) is 0 Å². The molecule has 1 aromatic rings. The molecule has 1 saturated carbocycles. The molecule has 0 amide bonds. The van der Waals surface area contributed by atoms with Gasteiger partial charge in [-0.05, 0) is 24.5 Å². The first-order valence-corrected chi connectivity index (χ1v) is 7.10. The van der Waals surface area contributed by atoms with E-state index in [1.165, 1.54) is 7.11 Å². The zero-order valence-corrected chi connectivity index (χ0v) is 12.2. The summed E-state index contributed by atoms with van der Waals surface area (Å²) in [5, 5.41) is 10.6. The molecule has 1 aliphatic heterocycles. The Labute approximate surface area is 119 Å². The van der Waals surface area contributed by atoms with Crippen LogP contribution in [0.2, 0.25) is 0 Å². The van der Waals surface area contributed by atoms with Crippen molar-refractivity contribution in [2.24, 2.45) is 5.92 Å². The average Bonchev–Trinajstić information content (AvgIpc) is 2.70. The van der Waals surface area contributed by atoms with E-state index in [9.17, 15) is 9.90 Å². The highest BCUT2D eigenvalue weighted by Gasteiger charge is 2.57. The second-order valence-corrected chi connectivity index (χ2v) is 6.08. The van der Waals surface area contributed by atoms with E-state index < -0.39 is 11.5 Å². The number of methoxy groups -OCH3 is 1. The molecule has 2 aliphatic rings. The zero-order valence-electron chi connectivity index (χ0n) is 12.2. The number of rotatable bonds is 1. The molecule has 1 N–H and O–H groups in total. The minimum absolute atomic E-state index is 0.0453. The number of benzene rings is 1. The first-order chi connectivity index (χ1) is 9.51. The van der Waals surface area contributed by atoms with Gasteiger partial charge in [0.15, 0.2) is 0 Å². The smallest absolute Gasteiger partial charge is 0.310 e. The third-order valence-electron chi connectivity index (χ3n) is 5.22. The molecule has 4 atom stereocenters. The first-order valence-electron chi connectivity index (χ1n) is 7.10. The lowest BCUT2D eigenvalue weighted by Gasteiger charge is -2.46. The summed E-state index contributed by atoms with van der Waals surface area (Å²) in [5.74, 6) is -0.362. The summed E-state index contributed by atoms with van der Waals surface area (Å²) in [6.07, 6.45) is 0.876. The van der Waals surface area contributed by atoms with Gasteiger partial charge in [-0.15, -0.1) is 0 Å². The number of aliphatic hydroxyl groups is 1. The van der Waals surface area contributed by atoms with Gasteiger partial charge in [-0.2, -0.15) is 0 Å². The lowest BCUT2D eigenvalue weighted by molar-refractivity contribution is -0.149. The number of nitrogens with zero attached hydrogens (tertiary/aromatic N) is 1. The quantitative estimate of drug-likeness (QED) is 0.793. The van der Waals surface area contributed by atoms with Gasteiger partial charge in [0.25, 0.3) is 0 Å². The average molecular weight is 275 g/mol. The van der Waals surface area contributed by atoms with Gasteiger partial charge >= 0.3 is 5.97 Å². The van der Waals surface area contributed by atoms with Crippen molar-refractivity contribution in [1.29, 1.82) is 0 Å². The molecule has 0 bridgehead atoms. The molecule has 108 valence electrons. The Hall–Kier alpha value is -1.55. The fourth-order valence-corrected chi connectivity index (χ4v) is 4.21. The molecule has 0 saturated heterocycles. The number of aliphatic hydroxyl groups excluding tert-OH is 1. The maximum Gasteiger partial charge on any atom is 0.310 e. The third kappa shape index (κ3) is 1.54. The predicted molar refractivity (Wildman–Crippen MR) is 76.7 cm³/mol. The summed E-state index contributed by atoms with van der Waals surface area (Å²) in [5.41, 5.74) is 1.83. The molecule has 1 heterocycles. The maximum atomic E-state index is 12.1. The number of fused-ring (bicyclic) bond motifs is 3. The van der Waals surface area contributed by atoms with Gasteiger partial charge in [-0.3, -0.25) is 4.79 Å². The summed E-state index contributed by atoms with van der Waals surface area (Å²) in [7, 11) is 3.44. The summed E-state index contributed by atoms with van der Waals surface area (Å²) >= 11 is 0. The van der Waals surface area contributed by atoms with E-state index in [1.54, 1.807) is 0 Å². The number of para-hydroxylation sites is 1. The van der Waals surface area contributed by atoms with Gasteiger partial charge in [0.05, 0.1) is 25.2 Å². The highest BCUT2D eigenvalue weighted by molar-refractivity contribution is 5.77. The molecular weight excluding hydrogens is 254 g/mol. The van der Waals surface area contributed by atoms with E-state index in [2.05, 4.69) is 24.0 Å². The maximum absolute atomic E-state index is 12.1. The van der Waals surface area contributed by atoms with E-state index in [0.29, 0.717) is 12.8 Å². The minimum Gasteiger partial charge on any atom is -0.469 e. The molecule has 0 unspecified atom stereocenters. The fourth-order valence-electron chi connectivity index (χ4n) is 4.21. The van der Waals surface area contributed by atoms with Crippen molar-refractivity contribution >= 4 is 11.7 Å². The van der Waals surface area contributed by atoms with Gasteiger partial charge in [-0.25, -0.2) is 0 Å². The van der Waals surface area contributed by atoms with Gasteiger partial charge in [0.1, 0.15) is 0 Å². The molecule has 4 nitrogen and oxygen atoms in total. The molecule has 0 radical (unpaired) electrons. The van der Waals surface area contributed by atoms with Gasteiger partial charge in [-0.1, -0.05) is 25.1 Å². The highest BCUT2D eigenvalue weighted by Crippen LogP contribution is 2.53. The topological polar surface area (TPSA) is 49.8 Å². The predicted octanol–water partition coefficient (Wildman–Crippen LogP) is 1.71. The Kier molecular flexibility index (Phi) is 3.01. The van der Waals surface area contributed by atoms with E-state index >= 15 is 0 Å². The van der Waals surface area contributed by atoms with Crippen LogP contribution >= 0.6 is 0 Å². The summed E-state index contributed by atoms with van der Waals surface area (Å²) in [6, 6.07) is 8.06. The number of likely N-dealkylation sites (N-methyl/N-ethyl adjacent to an activating group) is 1. The highest BCUT2D eigenvalue weighted by atomic mass is 16.5. The normalized spacial score (nSPS) is 35.4. The number of anilines is 1. The third-order valence-corrected chi connectivity index (χ3v) is 5.22. The summed E-state index contributed by atoms with van der Waals surface area (Å²) in [4.78, 5) is 14.3. The second-order valence-electron chi connectivity index (χ2n) is 6.08. The number of carbonyl (C=O) groups excluding carboxylic acids is 1. The molecule has 20 heavy (non-hydrogen) atoms. The molecule has 0 aromatic heterocycles. The van der Waals surface area contributed by atoms with Crippen molar-refractivity contribution in [3.63, 3.8) is 0 Å². The Morgan fingerprint density at radius 2 is 2.10 bits per heavy atom. The Bertz CT molecular complexity index is 544. The van der Waals surface area contributed by atoms with E-state index in [0.717, 1.165) is 11.3 Å². The number of ether oxygens (including phenoxy) is 1. The van der Waals surface area contributed by atoms with Crippen molar-refractivity contribution < 1.29 is 14.6 Å². The van der Waals surface area contributed by atoms with Crippen LogP contribution in [0.4, 0.5) is 5.69 Å². The van der Waals surface area contributed by atoms with Crippen LogP contribution < -0.4 is 4.90 Å². The molecule has 4 heteroatoms. The van der Waals surface area contributed by atoms with Crippen LogP contribution in [0, 0.1) is 5.92 Å². The first kappa shape index (κ1) is 13.4. The van der Waals surface area contributed by atoms with Crippen molar-refractivity contribution in [1.82, 2.24) is 0 Å². The van der Waals surface area contributed by atoms with Crippen molar-refractivity contribution in [2.75, 3.05) is 19.1 Å². The fraction of sp³-hybridized carbons (Fsp3) is 0.562. The monoisotopic (exact) mass is 275 g/mol. The zero-order chi connectivity index (χ0) is 14.5. The standard InChI is InChI=1S/C16H21NO3/c1-16-11-6-4-5-7-12(11)17(2)14(16)10(15(19)20-3)8-9-13(16)18/h4-7,10,13-14,18H,8-9H2,1-3H3/t10-,13+,14+,16-/m1/s1. The van der Waals surface area contributed by atoms with Crippen LogP contribution in [0.25, 0.3) is 0 Å². The molecule has 1 aliphatic carbocycles. The molecular formula is C16H21NO3. The Morgan fingerprint density at radius 3 is 2.80 bits per heavy atom. The van der Waals surface area contributed by atoms with Crippen LogP contribution in [0.15, 0.2) is 24.3 Å². The molecule has 0 spiro atoms. The summed E-state index contributed by atoms with van der Waals surface area (Å²) < 4.78 is 4.98. The summed E-state index contributed by atoms with van der Waals surface area (Å²) in [6.45, 7) is 2.07. The van der Waals surface area contributed by atoms with E-state index in [1.807, 2.05) is 19.2 Å². The Morgan fingerprint density at radius 1 is 1.40 bits per heavy atom. The van der Waals surface area contributed by atoms with E-state index in [4.69, 9.17) is 4.74 Å². The number of hydrogen-bond donors (Lipinski definition) is 1. The van der Waals surface area contributed by atoms with Crippen LogP contribution in [-0.4, -0.2) is 37.4 Å². The van der Waals surface area contributed by atoms with Crippen molar-refractivity contribution in [3.8, 4) is 0 Å². The number of carbonyl (C=O) groups is 1. The second kappa shape index (κ2) is 4.48. The Balaban J connectivity index is 2.13. The van der Waals surface area contributed by atoms with E-state index in [-0.39, 0.29) is 17.9 Å². The van der Waals surface area contributed by atoms with Gasteiger partial charge in [0.2, 0.25) is 0 Å². The number of hydrogen-bond acceptors (Lipinski definition) is 4. The van der Waals surface area contributed by atoms with Crippen molar-refractivity contribution in [2.45, 2.75) is 37.3 Å².